The van der Waals surface area contributed by atoms with E-state index in [9.17, 15) is 9.59 Å². The zero-order chi connectivity index (χ0) is 15.0. The fourth-order valence-corrected chi connectivity index (χ4v) is 4.96. The number of carbonyl (C=O) groups excluding carboxylic acids is 2. The van der Waals surface area contributed by atoms with Crippen LogP contribution < -0.4 is 0 Å². The second kappa shape index (κ2) is 5.34. The first kappa shape index (κ1) is 15.3. The summed E-state index contributed by atoms with van der Waals surface area (Å²) in [5.41, 5.74) is 0.769. The molecule has 0 radical (unpaired) electrons. The highest BCUT2D eigenvalue weighted by atomic mass is 16.5. The van der Waals surface area contributed by atoms with Gasteiger partial charge in [0, 0.05) is 6.42 Å². The molecule has 2 rings (SSSR count). The van der Waals surface area contributed by atoms with E-state index < -0.39 is 5.41 Å². The number of hydrogen-bond acceptors (Lipinski definition) is 3. The smallest absolute Gasteiger partial charge is 0.311 e. The summed E-state index contributed by atoms with van der Waals surface area (Å²) in [6, 6.07) is 0. The van der Waals surface area contributed by atoms with Crippen LogP contribution in [0.2, 0.25) is 0 Å². The number of ether oxygens (including phenoxy) is 1. The highest BCUT2D eigenvalue weighted by Crippen LogP contribution is 2.61. The fourth-order valence-electron chi connectivity index (χ4n) is 4.96. The van der Waals surface area contributed by atoms with Gasteiger partial charge in [0.2, 0.25) is 0 Å². The average molecular weight is 278 g/mol. The van der Waals surface area contributed by atoms with Crippen molar-refractivity contribution < 1.29 is 14.3 Å². The van der Waals surface area contributed by atoms with Crippen molar-refractivity contribution in [2.24, 2.45) is 22.7 Å². The van der Waals surface area contributed by atoms with E-state index in [1.165, 1.54) is 12.7 Å². The van der Waals surface area contributed by atoms with E-state index in [1.807, 2.05) is 6.92 Å². The van der Waals surface area contributed by atoms with E-state index in [1.54, 1.807) is 0 Å². The number of carbonyl (C=O) groups is 2. The molecule has 2 aliphatic rings. The zero-order valence-electron chi connectivity index (χ0n) is 12.9. The standard InChI is InChI=1S/C17H26O3/c1-12-6-7-14-16(2,13(12)8-11-18)9-5-10-17(14,3)15(19)20-4/h11,13-14H,1,5-10H2,2-4H3/t13-,14?,16+,17-/m0/s1. The van der Waals surface area contributed by atoms with Gasteiger partial charge in [0.1, 0.15) is 6.29 Å². The Labute approximate surface area is 121 Å². The first-order valence-electron chi connectivity index (χ1n) is 7.60. The van der Waals surface area contributed by atoms with Crippen LogP contribution >= 0.6 is 0 Å². The van der Waals surface area contributed by atoms with Crippen LogP contribution in [0, 0.1) is 22.7 Å². The average Bonchev–Trinajstić information content (AvgIpc) is 2.41. The third-order valence-corrected chi connectivity index (χ3v) is 6.00. The fraction of sp³-hybridized carbons (Fsp3) is 0.765. The SMILES string of the molecule is C=C1CCC2[C@](C)(CCC[C@]2(C)C(=O)OC)[C@H]1CC=O. The van der Waals surface area contributed by atoms with Gasteiger partial charge in [0.15, 0.2) is 0 Å². The number of rotatable bonds is 3. The number of aldehydes is 1. The molecule has 0 aliphatic heterocycles. The number of fused-ring (bicyclic) bond motifs is 1. The van der Waals surface area contributed by atoms with Crippen LogP contribution in [0.15, 0.2) is 12.2 Å². The molecule has 3 nitrogen and oxygen atoms in total. The van der Waals surface area contributed by atoms with Crippen LogP contribution in [0.3, 0.4) is 0 Å². The van der Waals surface area contributed by atoms with E-state index in [0.29, 0.717) is 6.42 Å². The van der Waals surface area contributed by atoms with Gasteiger partial charge in [-0.1, -0.05) is 25.5 Å². The molecule has 4 atom stereocenters. The van der Waals surface area contributed by atoms with E-state index in [-0.39, 0.29) is 23.2 Å². The normalized spacial score (nSPS) is 40.9. The highest BCUT2D eigenvalue weighted by molar-refractivity contribution is 5.77. The van der Waals surface area contributed by atoms with Crippen molar-refractivity contribution >= 4 is 12.3 Å². The lowest BCUT2D eigenvalue weighted by molar-refractivity contribution is -0.167. The summed E-state index contributed by atoms with van der Waals surface area (Å²) in [6.07, 6.45) is 6.42. The summed E-state index contributed by atoms with van der Waals surface area (Å²) in [4.78, 5) is 23.4. The van der Waals surface area contributed by atoms with Gasteiger partial charge in [0.25, 0.3) is 0 Å². The van der Waals surface area contributed by atoms with Crippen molar-refractivity contribution in [1.82, 2.24) is 0 Å². The largest absolute Gasteiger partial charge is 0.469 e. The monoisotopic (exact) mass is 278 g/mol. The van der Waals surface area contributed by atoms with Gasteiger partial charge in [-0.15, -0.1) is 0 Å². The van der Waals surface area contributed by atoms with Crippen molar-refractivity contribution in [3.63, 3.8) is 0 Å². The third-order valence-electron chi connectivity index (χ3n) is 6.00. The lowest BCUT2D eigenvalue weighted by Gasteiger charge is -2.57. The minimum Gasteiger partial charge on any atom is -0.469 e. The summed E-state index contributed by atoms with van der Waals surface area (Å²) in [7, 11) is 1.48. The predicted octanol–water partition coefficient (Wildman–Crippen LogP) is 3.53. The number of hydrogen-bond donors (Lipinski definition) is 0. The molecular formula is C17H26O3. The van der Waals surface area contributed by atoms with Crippen LogP contribution in [-0.4, -0.2) is 19.4 Å². The Hall–Kier alpha value is -1.12. The maximum absolute atomic E-state index is 12.3. The molecule has 112 valence electrons. The van der Waals surface area contributed by atoms with Crippen molar-refractivity contribution in [2.45, 2.75) is 52.4 Å². The van der Waals surface area contributed by atoms with Crippen molar-refractivity contribution in [3.8, 4) is 0 Å². The minimum atomic E-state index is -0.413. The summed E-state index contributed by atoms with van der Waals surface area (Å²) in [5, 5.41) is 0. The predicted molar refractivity (Wildman–Crippen MR) is 78.1 cm³/mol. The van der Waals surface area contributed by atoms with Gasteiger partial charge < -0.3 is 9.53 Å². The van der Waals surface area contributed by atoms with Crippen LogP contribution in [0.1, 0.15) is 52.4 Å². The molecule has 20 heavy (non-hydrogen) atoms. The topological polar surface area (TPSA) is 43.4 Å². The summed E-state index contributed by atoms with van der Waals surface area (Å²) in [5.74, 6) is 0.403. The van der Waals surface area contributed by atoms with Crippen molar-refractivity contribution in [2.75, 3.05) is 7.11 Å². The lowest BCUT2D eigenvalue weighted by Crippen LogP contribution is -2.53. The van der Waals surface area contributed by atoms with Gasteiger partial charge >= 0.3 is 5.97 Å². The second-order valence-electron chi connectivity index (χ2n) is 6.97. The van der Waals surface area contributed by atoms with Crippen molar-refractivity contribution in [3.05, 3.63) is 12.2 Å². The molecule has 0 heterocycles. The Morgan fingerprint density at radius 2 is 2.15 bits per heavy atom. The van der Waals surface area contributed by atoms with E-state index in [0.717, 1.165) is 38.4 Å². The quantitative estimate of drug-likeness (QED) is 0.450. The van der Waals surface area contributed by atoms with Gasteiger partial charge in [0.05, 0.1) is 12.5 Å². The summed E-state index contributed by atoms with van der Waals surface area (Å²) < 4.78 is 5.08. The van der Waals surface area contributed by atoms with Crippen LogP contribution in [-0.2, 0) is 14.3 Å². The molecular weight excluding hydrogens is 252 g/mol. The number of methoxy groups -OCH3 is 1. The van der Waals surface area contributed by atoms with Crippen LogP contribution in [0.25, 0.3) is 0 Å². The maximum Gasteiger partial charge on any atom is 0.311 e. The molecule has 3 heteroatoms. The zero-order valence-corrected chi connectivity index (χ0v) is 12.9. The Balaban J connectivity index is 2.40. The van der Waals surface area contributed by atoms with E-state index in [2.05, 4.69) is 13.5 Å². The molecule has 2 saturated carbocycles. The first-order chi connectivity index (χ1) is 9.40. The Bertz CT molecular complexity index is 428. The van der Waals surface area contributed by atoms with E-state index in [4.69, 9.17) is 4.74 Å². The van der Waals surface area contributed by atoms with Gasteiger partial charge in [-0.2, -0.15) is 0 Å². The van der Waals surface area contributed by atoms with Gasteiger partial charge in [-0.25, -0.2) is 0 Å². The van der Waals surface area contributed by atoms with Gasteiger partial charge in [-0.3, -0.25) is 4.79 Å². The third kappa shape index (κ3) is 2.11. The second-order valence-corrected chi connectivity index (χ2v) is 6.97. The first-order valence-corrected chi connectivity index (χ1v) is 7.60. The maximum atomic E-state index is 12.3. The van der Waals surface area contributed by atoms with E-state index >= 15 is 0 Å². The molecule has 1 unspecified atom stereocenters. The number of esters is 1. The minimum absolute atomic E-state index is 0.00255. The molecule has 0 aromatic carbocycles. The molecule has 0 spiro atoms. The van der Waals surface area contributed by atoms with Crippen LogP contribution in [0.4, 0.5) is 0 Å². The lowest BCUT2D eigenvalue weighted by atomic mass is 9.47. The molecule has 2 fully saturated rings. The summed E-state index contributed by atoms with van der Waals surface area (Å²) >= 11 is 0. The Morgan fingerprint density at radius 3 is 2.75 bits per heavy atom. The van der Waals surface area contributed by atoms with Crippen molar-refractivity contribution in [1.29, 1.82) is 0 Å². The molecule has 0 bridgehead atoms. The molecule has 0 aromatic rings. The molecule has 0 saturated heterocycles. The molecule has 0 N–H and O–H groups in total. The van der Waals surface area contributed by atoms with Gasteiger partial charge in [-0.05, 0) is 49.9 Å². The van der Waals surface area contributed by atoms with Crippen LogP contribution in [0.5, 0.6) is 0 Å². The summed E-state index contributed by atoms with van der Waals surface area (Å²) in [6.45, 7) is 8.48. The Morgan fingerprint density at radius 1 is 1.45 bits per heavy atom. The highest BCUT2D eigenvalue weighted by Gasteiger charge is 2.57. The number of allylic oxidation sites excluding steroid dienone is 1. The Kier molecular flexibility index (Phi) is 4.08. The molecule has 0 amide bonds. The molecule has 2 aliphatic carbocycles. The molecule has 0 aromatic heterocycles.